The molecule has 0 heterocycles. The van der Waals surface area contributed by atoms with Crippen LogP contribution in [0.4, 0.5) is 0 Å². The summed E-state index contributed by atoms with van der Waals surface area (Å²) in [6.07, 6.45) is 1.83. The van der Waals surface area contributed by atoms with E-state index in [-0.39, 0.29) is 29.6 Å². The van der Waals surface area contributed by atoms with Crippen molar-refractivity contribution in [3.63, 3.8) is 0 Å². The zero-order chi connectivity index (χ0) is 12.0. The maximum absolute atomic E-state index is 11.9. The Morgan fingerprint density at radius 1 is 1.13 bits per heavy atom. The Morgan fingerprint density at radius 3 is 1.87 bits per heavy atom. The summed E-state index contributed by atoms with van der Waals surface area (Å²) in [5.74, 6) is 0.242. The predicted octanol–water partition coefficient (Wildman–Crippen LogP) is 2.15. The van der Waals surface area contributed by atoms with Crippen LogP contribution in [0.15, 0.2) is 0 Å². The SMILES string of the molecule is CCC(CC)[C@H](NC(C)=O)C(=O)C(C)C. The van der Waals surface area contributed by atoms with Crippen LogP contribution in [0.1, 0.15) is 47.5 Å². The maximum Gasteiger partial charge on any atom is 0.217 e. The molecule has 0 unspecified atom stereocenters. The summed E-state index contributed by atoms with van der Waals surface area (Å²) >= 11 is 0. The third-order valence-electron chi connectivity index (χ3n) is 2.75. The van der Waals surface area contributed by atoms with Crippen molar-refractivity contribution in [2.45, 2.75) is 53.5 Å². The number of Topliss-reactive ketones (excluding diaryl/α,β-unsaturated/α-hetero) is 1. The van der Waals surface area contributed by atoms with Gasteiger partial charge in [0.2, 0.25) is 5.91 Å². The number of nitrogens with one attached hydrogen (secondary N) is 1. The number of rotatable bonds is 6. The molecule has 0 aromatic heterocycles. The van der Waals surface area contributed by atoms with Gasteiger partial charge in [-0.2, -0.15) is 0 Å². The highest BCUT2D eigenvalue weighted by atomic mass is 16.2. The van der Waals surface area contributed by atoms with Crippen LogP contribution in [0, 0.1) is 11.8 Å². The predicted molar refractivity (Wildman–Crippen MR) is 61.5 cm³/mol. The zero-order valence-corrected chi connectivity index (χ0v) is 10.5. The number of amides is 1. The molecule has 0 fully saturated rings. The van der Waals surface area contributed by atoms with Gasteiger partial charge in [0.15, 0.2) is 5.78 Å². The van der Waals surface area contributed by atoms with E-state index in [1.54, 1.807) is 0 Å². The highest BCUT2D eigenvalue weighted by Gasteiger charge is 2.28. The summed E-state index contributed by atoms with van der Waals surface area (Å²) in [4.78, 5) is 23.0. The molecule has 0 bridgehead atoms. The molecule has 1 atom stereocenters. The van der Waals surface area contributed by atoms with Crippen molar-refractivity contribution in [3.8, 4) is 0 Å². The van der Waals surface area contributed by atoms with Crippen LogP contribution in [-0.2, 0) is 9.59 Å². The number of hydrogen-bond donors (Lipinski definition) is 1. The first-order chi connectivity index (χ1) is 6.93. The fraction of sp³-hybridized carbons (Fsp3) is 0.833. The summed E-state index contributed by atoms with van der Waals surface area (Å²) in [5.41, 5.74) is 0. The minimum Gasteiger partial charge on any atom is -0.346 e. The summed E-state index contributed by atoms with van der Waals surface area (Å²) in [7, 11) is 0. The average Bonchev–Trinajstić information content (AvgIpc) is 2.16. The first-order valence-corrected chi connectivity index (χ1v) is 5.74. The zero-order valence-electron chi connectivity index (χ0n) is 10.5. The summed E-state index contributed by atoms with van der Waals surface area (Å²) in [6.45, 7) is 9.31. The summed E-state index contributed by atoms with van der Waals surface area (Å²) in [5, 5.41) is 2.77. The van der Waals surface area contributed by atoms with Crippen molar-refractivity contribution in [3.05, 3.63) is 0 Å². The van der Waals surface area contributed by atoms with E-state index in [1.807, 2.05) is 13.8 Å². The van der Waals surface area contributed by atoms with Crippen LogP contribution in [0.5, 0.6) is 0 Å². The normalized spacial score (nSPS) is 13.0. The van der Waals surface area contributed by atoms with Crippen molar-refractivity contribution in [1.82, 2.24) is 5.32 Å². The smallest absolute Gasteiger partial charge is 0.217 e. The van der Waals surface area contributed by atoms with E-state index in [4.69, 9.17) is 0 Å². The first kappa shape index (κ1) is 14.1. The van der Waals surface area contributed by atoms with Gasteiger partial charge in [0.05, 0.1) is 6.04 Å². The number of carbonyl (C=O) groups is 2. The van der Waals surface area contributed by atoms with Gasteiger partial charge in [-0.1, -0.05) is 40.5 Å². The molecule has 0 aromatic carbocycles. The molecule has 0 rings (SSSR count). The van der Waals surface area contributed by atoms with Gasteiger partial charge in [-0.15, -0.1) is 0 Å². The number of ketones is 1. The average molecular weight is 213 g/mol. The van der Waals surface area contributed by atoms with Gasteiger partial charge in [0.1, 0.15) is 0 Å². The fourth-order valence-electron chi connectivity index (χ4n) is 1.76. The fourth-order valence-corrected chi connectivity index (χ4v) is 1.76. The minimum atomic E-state index is -0.308. The van der Waals surface area contributed by atoms with Crippen LogP contribution >= 0.6 is 0 Å². The molecule has 0 radical (unpaired) electrons. The third kappa shape index (κ3) is 4.45. The van der Waals surface area contributed by atoms with E-state index in [2.05, 4.69) is 19.2 Å². The molecule has 3 heteroatoms. The second-order valence-corrected chi connectivity index (χ2v) is 4.31. The van der Waals surface area contributed by atoms with Gasteiger partial charge >= 0.3 is 0 Å². The van der Waals surface area contributed by atoms with Crippen molar-refractivity contribution >= 4 is 11.7 Å². The first-order valence-electron chi connectivity index (χ1n) is 5.74. The van der Waals surface area contributed by atoms with Gasteiger partial charge in [-0.25, -0.2) is 0 Å². The van der Waals surface area contributed by atoms with Crippen molar-refractivity contribution in [2.75, 3.05) is 0 Å². The van der Waals surface area contributed by atoms with E-state index >= 15 is 0 Å². The van der Waals surface area contributed by atoms with Crippen LogP contribution in [0.25, 0.3) is 0 Å². The van der Waals surface area contributed by atoms with Gasteiger partial charge in [-0.05, 0) is 5.92 Å². The Labute approximate surface area is 92.6 Å². The molecule has 1 N–H and O–H groups in total. The van der Waals surface area contributed by atoms with E-state index < -0.39 is 0 Å². The largest absolute Gasteiger partial charge is 0.346 e. The van der Waals surface area contributed by atoms with Crippen LogP contribution in [0.3, 0.4) is 0 Å². The van der Waals surface area contributed by atoms with E-state index in [1.165, 1.54) is 6.92 Å². The third-order valence-corrected chi connectivity index (χ3v) is 2.75. The molecule has 0 saturated carbocycles. The Bertz CT molecular complexity index is 220. The Kier molecular flexibility index (Phi) is 6.21. The molecule has 88 valence electrons. The molecule has 1 amide bonds. The quantitative estimate of drug-likeness (QED) is 0.735. The van der Waals surface area contributed by atoms with E-state index in [9.17, 15) is 9.59 Å². The Hall–Kier alpha value is -0.860. The van der Waals surface area contributed by atoms with Crippen LogP contribution < -0.4 is 5.32 Å². The molecule has 0 aliphatic carbocycles. The second kappa shape index (κ2) is 6.59. The lowest BCUT2D eigenvalue weighted by Crippen LogP contribution is -2.46. The summed E-state index contributed by atoms with van der Waals surface area (Å²) in [6, 6.07) is -0.308. The number of carbonyl (C=O) groups excluding carboxylic acids is 2. The lowest BCUT2D eigenvalue weighted by Gasteiger charge is -2.26. The van der Waals surface area contributed by atoms with Crippen LogP contribution in [0.2, 0.25) is 0 Å². The molecule has 0 saturated heterocycles. The van der Waals surface area contributed by atoms with Gasteiger partial charge in [0, 0.05) is 12.8 Å². The van der Waals surface area contributed by atoms with E-state index in [0.717, 1.165) is 12.8 Å². The van der Waals surface area contributed by atoms with Gasteiger partial charge in [-0.3, -0.25) is 9.59 Å². The summed E-state index contributed by atoms with van der Waals surface area (Å²) < 4.78 is 0. The van der Waals surface area contributed by atoms with E-state index in [0.29, 0.717) is 0 Å². The molecular weight excluding hydrogens is 190 g/mol. The lowest BCUT2D eigenvalue weighted by atomic mass is 9.87. The monoisotopic (exact) mass is 213 g/mol. The Morgan fingerprint density at radius 2 is 1.60 bits per heavy atom. The molecule has 0 spiro atoms. The number of hydrogen-bond acceptors (Lipinski definition) is 2. The lowest BCUT2D eigenvalue weighted by molar-refractivity contribution is -0.130. The Balaban J connectivity index is 4.70. The van der Waals surface area contributed by atoms with Gasteiger partial charge < -0.3 is 5.32 Å². The topological polar surface area (TPSA) is 46.2 Å². The highest BCUT2D eigenvalue weighted by Crippen LogP contribution is 2.17. The van der Waals surface area contributed by atoms with Crippen molar-refractivity contribution in [1.29, 1.82) is 0 Å². The molecule has 0 aliphatic rings. The second-order valence-electron chi connectivity index (χ2n) is 4.31. The van der Waals surface area contributed by atoms with Crippen molar-refractivity contribution in [2.24, 2.45) is 11.8 Å². The van der Waals surface area contributed by atoms with Gasteiger partial charge in [0.25, 0.3) is 0 Å². The highest BCUT2D eigenvalue weighted by molar-refractivity contribution is 5.89. The minimum absolute atomic E-state index is 0.0255. The molecule has 3 nitrogen and oxygen atoms in total. The molecule has 15 heavy (non-hydrogen) atoms. The van der Waals surface area contributed by atoms with Crippen LogP contribution in [-0.4, -0.2) is 17.7 Å². The molecular formula is C12H23NO2. The maximum atomic E-state index is 11.9. The molecule has 0 aromatic rings. The standard InChI is InChI=1S/C12H23NO2/c1-6-10(7-2)11(13-9(5)14)12(15)8(3)4/h8,10-11H,6-7H2,1-5H3,(H,13,14)/t11-/m0/s1. The molecule has 0 aliphatic heterocycles. The van der Waals surface area contributed by atoms with Crippen molar-refractivity contribution < 1.29 is 9.59 Å².